The Kier molecular flexibility index (Phi) is 5.57. The van der Waals surface area contributed by atoms with Crippen LogP contribution >= 0.6 is 0 Å². The average molecular weight is 339 g/mol. The van der Waals surface area contributed by atoms with Gasteiger partial charge in [0, 0.05) is 24.6 Å². The van der Waals surface area contributed by atoms with Crippen molar-refractivity contribution >= 4 is 17.5 Å². The van der Waals surface area contributed by atoms with E-state index in [2.05, 4.69) is 15.6 Å². The van der Waals surface area contributed by atoms with Gasteiger partial charge in [0.2, 0.25) is 11.8 Å². The van der Waals surface area contributed by atoms with Gasteiger partial charge in [-0.05, 0) is 63.4 Å². The van der Waals surface area contributed by atoms with Crippen LogP contribution in [0.5, 0.6) is 0 Å². The van der Waals surface area contributed by atoms with E-state index in [1.807, 2.05) is 45.0 Å². The molecule has 1 heterocycles. The normalized spacial score (nSPS) is 11.1. The van der Waals surface area contributed by atoms with Gasteiger partial charge >= 0.3 is 0 Å². The molecule has 132 valence electrons. The first-order valence-corrected chi connectivity index (χ1v) is 8.28. The molecule has 2 rings (SSSR count). The molecule has 0 saturated carbocycles. The second-order valence-corrected chi connectivity index (χ2v) is 6.89. The maximum atomic E-state index is 12.7. The van der Waals surface area contributed by atoms with Gasteiger partial charge in [-0.3, -0.25) is 14.6 Å². The molecule has 1 aromatic carbocycles. The summed E-state index contributed by atoms with van der Waals surface area (Å²) in [7, 11) is 0. The second kappa shape index (κ2) is 7.47. The molecular formula is C20H25N3O2. The number of hydrogen-bond acceptors (Lipinski definition) is 3. The molecule has 5 heteroatoms. The molecule has 0 aliphatic carbocycles. The van der Waals surface area contributed by atoms with E-state index in [1.54, 1.807) is 26.2 Å². The monoisotopic (exact) mass is 339 g/mol. The first-order chi connectivity index (χ1) is 11.7. The summed E-state index contributed by atoms with van der Waals surface area (Å²) in [5.41, 5.74) is 3.63. The van der Waals surface area contributed by atoms with Crippen molar-refractivity contribution in [2.45, 2.75) is 41.2 Å². The summed E-state index contributed by atoms with van der Waals surface area (Å²) < 4.78 is 0. The van der Waals surface area contributed by atoms with E-state index in [4.69, 9.17) is 0 Å². The van der Waals surface area contributed by atoms with Gasteiger partial charge in [-0.2, -0.15) is 0 Å². The molecule has 0 spiro atoms. The van der Waals surface area contributed by atoms with Gasteiger partial charge in [0.15, 0.2) is 0 Å². The summed E-state index contributed by atoms with van der Waals surface area (Å²) >= 11 is 0. The number of aromatic nitrogens is 1. The Labute approximate surface area is 148 Å². The highest BCUT2D eigenvalue weighted by Crippen LogP contribution is 2.25. The Hall–Kier alpha value is -2.69. The van der Waals surface area contributed by atoms with Gasteiger partial charge in [-0.15, -0.1) is 0 Å². The summed E-state index contributed by atoms with van der Waals surface area (Å²) in [5.74, 6) is -0.640. The molecule has 0 unspecified atom stereocenters. The zero-order valence-corrected chi connectivity index (χ0v) is 15.4. The van der Waals surface area contributed by atoms with Crippen LogP contribution in [0.1, 0.15) is 36.1 Å². The van der Waals surface area contributed by atoms with E-state index in [9.17, 15) is 9.59 Å². The Balaban J connectivity index is 2.07. The number of carbonyl (C=O) groups is 2. The van der Waals surface area contributed by atoms with E-state index in [0.717, 1.165) is 27.9 Å². The van der Waals surface area contributed by atoms with Crippen LogP contribution in [0.4, 0.5) is 5.69 Å². The van der Waals surface area contributed by atoms with E-state index in [-0.39, 0.29) is 11.8 Å². The molecule has 0 bridgehead atoms. The second-order valence-electron chi connectivity index (χ2n) is 6.89. The fourth-order valence-corrected chi connectivity index (χ4v) is 2.65. The van der Waals surface area contributed by atoms with Crippen LogP contribution in [-0.4, -0.2) is 16.8 Å². The highest BCUT2D eigenvalue weighted by atomic mass is 16.2. The largest absolute Gasteiger partial charge is 0.351 e. The van der Waals surface area contributed by atoms with E-state index in [1.165, 1.54) is 0 Å². The number of aryl methyl sites for hydroxylation is 3. The Morgan fingerprint density at radius 3 is 2.12 bits per heavy atom. The number of hydrogen-bond donors (Lipinski definition) is 2. The zero-order valence-electron chi connectivity index (χ0n) is 15.4. The third kappa shape index (κ3) is 4.44. The molecule has 0 aliphatic rings. The Morgan fingerprint density at radius 2 is 1.56 bits per heavy atom. The van der Waals surface area contributed by atoms with Gasteiger partial charge in [-0.25, -0.2) is 0 Å². The van der Waals surface area contributed by atoms with Crippen molar-refractivity contribution in [3.05, 3.63) is 58.9 Å². The SMILES string of the molecule is Cc1cc(C)c(NC(=O)C(C)(C)C(=O)NCc2ccncc2)c(C)c1. The molecule has 0 atom stereocenters. The van der Waals surface area contributed by atoms with Crippen LogP contribution in [0.3, 0.4) is 0 Å². The highest BCUT2D eigenvalue weighted by Gasteiger charge is 2.36. The van der Waals surface area contributed by atoms with Gasteiger partial charge in [0.05, 0.1) is 0 Å². The van der Waals surface area contributed by atoms with Crippen molar-refractivity contribution in [1.29, 1.82) is 0 Å². The van der Waals surface area contributed by atoms with Gasteiger partial charge in [0.1, 0.15) is 5.41 Å². The van der Waals surface area contributed by atoms with Gasteiger partial charge < -0.3 is 10.6 Å². The number of benzene rings is 1. The van der Waals surface area contributed by atoms with Crippen LogP contribution in [0.15, 0.2) is 36.7 Å². The first kappa shape index (κ1) is 18.6. The minimum atomic E-state index is -1.18. The summed E-state index contributed by atoms with van der Waals surface area (Å²) in [5, 5.41) is 5.73. The van der Waals surface area contributed by atoms with Crippen LogP contribution in [0, 0.1) is 26.2 Å². The van der Waals surface area contributed by atoms with Crippen LogP contribution in [0.2, 0.25) is 0 Å². The maximum Gasteiger partial charge on any atom is 0.239 e. The number of nitrogens with zero attached hydrogens (tertiary/aromatic N) is 1. The van der Waals surface area contributed by atoms with Crippen molar-refractivity contribution in [2.24, 2.45) is 5.41 Å². The predicted molar refractivity (Wildman–Crippen MR) is 99.1 cm³/mol. The molecular weight excluding hydrogens is 314 g/mol. The lowest BCUT2D eigenvalue weighted by molar-refractivity contribution is -0.138. The number of rotatable bonds is 5. The number of anilines is 1. The van der Waals surface area contributed by atoms with E-state index >= 15 is 0 Å². The van der Waals surface area contributed by atoms with Crippen molar-refractivity contribution in [3.63, 3.8) is 0 Å². The van der Waals surface area contributed by atoms with Gasteiger partial charge in [0.25, 0.3) is 0 Å². The number of pyridine rings is 1. The topological polar surface area (TPSA) is 71.1 Å². The number of amides is 2. The predicted octanol–water partition coefficient (Wildman–Crippen LogP) is 3.29. The Morgan fingerprint density at radius 1 is 1.00 bits per heavy atom. The summed E-state index contributed by atoms with van der Waals surface area (Å²) in [6, 6.07) is 7.68. The quantitative estimate of drug-likeness (QED) is 0.821. The lowest BCUT2D eigenvalue weighted by Crippen LogP contribution is -2.45. The molecule has 0 radical (unpaired) electrons. The van der Waals surface area contributed by atoms with Crippen LogP contribution in [-0.2, 0) is 16.1 Å². The standard InChI is InChI=1S/C20H25N3O2/c1-13-10-14(2)17(15(3)11-13)23-19(25)20(4,5)18(24)22-12-16-6-8-21-9-7-16/h6-11H,12H2,1-5H3,(H,22,24)(H,23,25). The lowest BCUT2D eigenvalue weighted by Gasteiger charge is -2.24. The fourth-order valence-electron chi connectivity index (χ4n) is 2.65. The summed E-state index contributed by atoms with van der Waals surface area (Å²) in [6.45, 7) is 9.53. The molecule has 25 heavy (non-hydrogen) atoms. The minimum absolute atomic E-state index is 0.316. The van der Waals surface area contributed by atoms with Crippen molar-refractivity contribution in [1.82, 2.24) is 10.3 Å². The molecule has 2 N–H and O–H groups in total. The van der Waals surface area contributed by atoms with E-state index in [0.29, 0.717) is 6.54 Å². The zero-order chi connectivity index (χ0) is 18.6. The Bertz CT molecular complexity index is 760. The summed E-state index contributed by atoms with van der Waals surface area (Å²) in [6.07, 6.45) is 3.34. The smallest absolute Gasteiger partial charge is 0.239 e. The molecule has 1 aromatic heterocycles. The average Bonchev–Trinajstić information content (AvgIpc) is 2.56. The fraction of sp³-hybridized carbons (Fsp3) is 0.350. The van der Waals surface area contributed by atoms with E-state index < -0.39 is 5.41 Å². The third-order valence-electron chi connectivity index (χ3n) is 4.25. The van der Waals surface area contributed by atoms with Gasteiger partial charge in [-0.1, -0.05) is 17.7 Å². The molecule has 2 amide bonds. The number of carbonyl (C=O) groups excluding carboxylic acids is 2. The molecule has 0 saturated heterocycles. The molecule has 2 aromatic rings. The maximum absolute atomic E-state index is 12.7. The molecule has 0 aliphatic heterocycles. The first-order valence-electron chi connectivity index (χ1n) is 8.28. The highest BCUT2D eigenvalue weighted by molar-refractivity contribution is 6.10. The third-order valence-corrected chi connectivity index (χ3v) is 4.25. The number of nitrogens with one attached hydrogen (secondary N) is 2. The van der Waals surface area contributed by atoms with Crippen molar-refractivity contribution in [2.75, 3.05) is 5.32 Å². The summed E-state index contributed by atoms with van der Waals surface area (Å²) in [4.78, 5) is 29.1. The molecule has 0 fully saturated rings. The van der Waals surface area contributed by atoms with Crippen molar-refractivity contribution < 1.29 is 9.59 Å². The minimum Gasteiger partial charge on any atom is -0.351 e. The van der Waals surface area contributed by atoms with Crippen molar-refractivity contribution in [3.8, 4) is 0 Å². The molecule has 5 nitrogen and oxygen atoms in total. The van der Waals surface area contributed by atoms with Crippen LogP contribution in [0.25, 0.3) is 0 Å². The lowest BCUT2D eigenvalue weighted by atomic mass is 9.90. The van der Waals surface area contributed by atoms with Crippen LogP contribution < -0.4 is 10.6 Å².